The Morgan fingerprint density at radius 1 is 1.32 bits per heavy atom. The smallest absolute Gasteiger partial charge is 0.271 e. The molecule has 0 aliphatic carbocycles. The van der Waals surface area contributed by atoms with Crippen molar-refractivity contribution in [2.45, 2.75) is 13.5 Å². The summed E-state index contributed by atoms with van der Waals surface area (Å²) in [6.07, 6.45) is 1.44. The quantitative estimate of drug-likeness (QED) is 0.778. The number of aromatic nitrogens is 1. The Labute approximate surface area is 168 Å². The molecule has 2 aromatic rings. The van der Waals surface area contributed by atoms with Gasteiger partial charge in [0.2, 0.25) is 5.88 Å². The second-order valence-corrected chi connectivity index (χ2v) is 6.88. The highest BCUT2D eigenvalue weighted by Gasteiger charge is 2.19. The molecule has 0 amide bonds. The van der Waals surface area contributed by atoms with Crippen LogP contribution in [0.25, 0.3) is 0 Å². The molecule has 1 fully saturated rings. The van der Waals surface area contributed by atoms with Crippen molar-refractivity contribution in [3.63, 3.8) is 0 Å². The lowest BCUT2D eigenvalue weighted by Crippen LogP contribution is -2.39. The van der Waals surface area contributed by atoms with Crippen LogP contribution in [0.15, 0.2) is 34.1 Å². The second kappa shape index (κ2) is 9.02. The first kappa shape index (κ1) is 20.1. The standard InChI is InChI=1S/C20H21ClN4O3/c1-14-15(12-22)19(26)25(7-6-24-8-10-28-11-9-24)20(27)16(14)13-23-18-5-3-2-4-17(18)21/h2-5,13,27H,6-11H2,1H3. The third-order valence-corrected chi connectivity index (χ3v) is 5.09. The zero-order chi connectivity index (χ0) is 20.1. The molecular formula is C20H21ClN4O3. The normalized spacial score (nSPS) is 15.0. The topological polar surface area (TPSA) is 90.8 Å². The van der Waals surface area contributed by atoms with Crippen LogP contribution in [0.1, 0.15) is 16.7 Å². The molecule has 2 heterocycles. The van der Waals surface area contributed by atoms with E-state index in [4.69, 9.17) is 16.3 Å². The molecule has 0 spiro atoms. The van der Waals surface area contributed by atoms with Crippen LogP contribution in [0, 0.1) is 18.3 Å². The minimum atomic E-state index is -0.499. The zero-order valence-electron chi connectivity index (χ0n) is 15.6. The number of hydrogen-bond donors (Lipinski definition) is 1. The van der Waals surface area contributed by atoms with E-state index in [-0.39, 0.29) is 18.0 Å². The van der Waals surface area contributed by atoms with E-state index >= 15 is 0 Å². The van der Waals surface area contributed by atoms with Gasteiger partial charge in [0.15, 0.2) is 0 Å². The Kier molecular flexibility index (Phi) is 6.47. The molecule has 8 heteroatoms. The first-order valence-corrected chi connectivity index (χ1v) is 9.36. The van der Waals surface area contributed by atoms with Crippen molar-refractivity contribution in [3.05, 3.63) is 56.3 Å². The minimum Gasteiger partial charge on any atom is -0.494 e. The number of pyridine rings is 1. The van der Waals surface area contributed by atoms with Gasteiger partial charge in [-0.1, -0.05) is 23.7 Å². The molecule has 7 nitrogen and oxygen atoms in total. The predicted octanol–water partition coefficient (Wildman–Crippen LogP) is 2.47. The van der Waals surface area contributed by atoms with E-state index < -0.39 is 5.56 Å². The second-order valence-electron chi connectivity index (χ2n) is 6.47. The molecule has 0 saturated carbocycles. The van der Waals surface area contributed by atoms with Gasteiger partial charge in [-0.3, -0.25) is 19.3 Å². The van der Waals surface area contributed by atoms with Crippen molar-refractivity contribution >= 4 is 23.5 Å². The van der Waals surface area contributed by atoms with Gasteiger partial charge in [-0.15, -0.1) is 0 Å². The van der Waals surface area contributed by atoms with Gasteiger partial charge in [0.05, 0.1) is 29.5 Å². The van der Waals surface area contributed by atoms with Crippen LogP contribution >= 0.6 is 11.6 Å². The maximum Gasteiger partial charge on any atom is 0.271 e. The van der Waals surface area contributed by atoms with Crippen molar-refractivity contribution in [2.24, 2.45) is 4.99 Å². The molecule has 1 aromatic heterocycles. The minimum absolute atomic E-state index is 0.000358. The number of morpholine rings is 1. The highest BCUT2D eigenvalue weighted by Crippen LogP contribution is 2.25. The molecule has 1 N–H and O–H groups in total. The number of nitriles is 1. The number of hydrogen-bond acceptors (Lipinski definition) is 6. The summed E-state index contributed by atoms with van der Waals surface area (Å²) >= 11 is 6.12. The highest BCUT2D eigenvalue weighted by molar-refractivity contribution is 6.33. The van der Waals surface area contributed by atoms with Gasteiger partial charge in [-0.05, 0) is 24.6 Å². The lowest BCUT2D eigenvalue weighted by molar-refractivity contribution is 0.0360. The van der Waals surface area contributed by atoms with Gasteiger partial charge in [0.25, 0.3) is 5.56 Å². The summed E-state index contributed by atoms with van der Waals surface area (Å²) in [6, 6.07) is 9.00. The van der Waals surface area contributed by atoms with Gasteiger partial charge < -0.3 is 9.84 Å². The molecule has 1 aliphatic heterocycles. The van der Waals surface area contributed by atoms with Crippen LogP contribution in [-0.4, -0.2) is 53.6 Å². The molecule has 28 heavy (non-hydrogen) atoms. The highest BCUT2D eigenvalue weighted by atomic mass is 35.5. The monoisotopic (exact) mass is 400 g/mol. The summed E-state index contributed by atoms with van der Waals surface area (Å²) in [5, 5.41) is 20.7. The van der Waals surface area contributed by atoms with Crippen molar-refractivity contribution < 1.29 is 9.84 Å². The van der Waals surface area contributed by atoms with Gasteiger partial charge >= 0.3 is 0 Å². The largest absolute Gasteiger partial charge is 0.494 e. The van der Waals surface area contributed by atoms with Crippen LogP contribution in [-0.2, 0) is 11.3 Å². The average molecular weight is 401 g/mol. The Morgan fingerprint density at radius 3 is 2.71 bits per heavy atom. The molecule has 0 atom stereocenters. The fourth-order valence-corrected chi connectivity index (χ4v) is 3.27. The van der Waals surface area contributed by atoms with E-state index in [0.29, 0.717) is 41.6 Å². The van der Waals surface area contributed by atoms with Gasteiger partial charge in [0, 0.05) is 32.4 Å². The van der Waals surface area contributed by atoms with E-state index in [1.807, 2.05) is 6.07 Å². The van der Waals surface area contributed by atoms with Crippen molar-refractivity contribution in [1.82, 2.24) is 9.47 Å². The van der Waals surface area contributed by atoms with Crippen LogP contribution in [0.4, 0.5) is 5.69 Å². The molecule has 3 rings (SSSR count). The summed E-state index contributed by atoms with van der Waals surface area (Å²) in [7, 11) is 0. The average Bonchev–Trinajstić information content (AvgIpc) is 2.70. The summed E-state index contributed by atoms with van der Waals surface area (Å²) in [5.74, 6) is -0.203. The molecule has 1 aromatic carbocycles. The third-order valence-electron chi connectivity index (χ3n) is 4.78. The van der Waals surface area contributed by atoms with E-state index in [9.17, 15) is 15.2 Å². The van der Waals surface area contributed by atoms with Crippen molar-refractivity contribution in [3.8, 4) is 11.9 Å². The maximum absolute atomic E-state index is 12.7. The molecule has 146 valence electrons. The number of aliphatic imine (C=N–C) groups is 1. The van der Waals surface area contributed by atoms with Crippen molar-refractivity contribution in [2.75, 3.05) is 32.8 Å². The number of para-hydroxylation sites is 1. The lowest BCUT2D eigenvalue weighted by atomic mass is 10.1. The fraction of sp³-hybridized carbons (Fsp3) is 0.350. The maximum atomic E-state index is 12.7. The number of rotatable bonds is 5. The van der Waals surface area contributed by atoms with Gasteiger partial charge in [0.1, 0.15) is 11.6 Å². The predicted molar refractivity (Wildman–Crippen MR) is 108 cm³/mol. The summed E-state index contributed by atoms with van der Waals surface area (Å²) in [6.45, 7) is 5.31. The Bertz CT molecular complexity index is 988. The number of benzene rings is 1. The first-order valence-electron chi connectivity index (χ1n) is 8.98. The molecule has 0 bridgehead atoms. The number of aromatic hydroxyl groups is 1. The number of halogens is 1. The van der Waals surface area contributed by atoms with Gasteiger partial charge in [-0.25, -0.2) is 0 Å². The molecule has 0 radical (unpaired) electrons. The summed E-state index contributed by atoms with van der Waals surface area (Å²) < 4.78 is 6.55. The number of ether oxygens (including phenoxy) is 1. The Balaban J connectivity index is 1.96. The molecule has 1 aliphatic rings. The third kappa shape index (κ3) is 4.25. The SMILES string of the molecule is Cc1c(C=Nc2ccccc2Cl)c(O)n(CCN2CCOCC2)c(=O)c1C#N. The fourth-order valence-electron chi connectivity index (χ4n) is 3.09. The Hall–Kier alpha value is -2.66. The molecular weight excluding hydrogens is 380 g/mol. The van der Waals surface area contributed by atoms with E-state index in [1.54, 1.807) is 31.2 Å². The Morgan fingerprint density at radius 2 is 2.04 bits per heavy atom. The number of nitrogens with zero attached hydrogens (tertiary/aromatic N) is 4. The van der Waals surface area contributed by atoms with Crippen LogP contribution < -0.4 is 5.56 Å². The molecule has 0 unspecified atom stereocenters. The first-order chi connectivity index (χ1) is 13.5. The van der Waals surface area contributed by atoms with Gasteiger partial charge in [-0.2, -0.15) is 5.26 Å². The van der Waals surface area contributed by atoms with Crippen LogP contribution in [0.3, 0.4) is 0 Å². The summed E-state index contributed by atoms with van der Waals surface area (Å²) in [4.78, 5) is 19.1. The van der Waals surface area contributed by atoms with E-state index in [2.05, 4.69) is 9.89 Å². The molecule has 1 saturated heterocycles. The van der Waals surface area contributed by atoms with Crippen molar-refractivity contribution in [1.29, 1.82) is 5.26 Å². The van der Waals surface area contributed by atoms with Crippen LogP contribution in [0.2, 0.25) is 5.02 Å². The summed E-state index contributed by atoms with van der Waals surface area (Å²) in [5.41, 5.74) is 0.759. The van der Waals surface area contributed by atoms with Crippen LogP contribution in [0.5, 0.6) is 5.88 Å². The zero-order valence-corrected chi connectivity index (χ0v) is 16.3. The van der Waals surface area contributed by atoms with E-state index in [1.165, 1.54) is 10.8 Å². The van der Waals surface area contributed by atoms with E-state index in [0.717, 1.165) is 13.1 Å². The lowest BCUT2D eigenvalue weighted by Gasteiger charge is -2.27.